The third kappa shape index (κ3) is 3.58. The predicted octanol–water partition coefficient (Wildman–Crippen LogP) is 3.43. The summed E-state index contributed by atoms with van der Waals surface area (Å²) in [5.41, 5.74) is -2.82. The molecule has 0 spiro atoms. The van der Waals surface area contributed by atoms with Crippen LogP contribution in [0.4, 0.5) is 0 Å². The number of rotatable bonds is 4. The average molecular weight is 447 g/mol. The summed E-state index contributed by atoms with van der Waals surface area (Å²) in [4.78, 5) is 4.16. The van der Waals surface area contributed by atoms with Gasteiger partial charge < -0.3 is 19.9 Å². The summed E-state index contributed by atoms with van der Waals surface area (Å²) in [7, 11) is 1.75. The summed E-state index contributed by atoms with van der Waals surface area (Å²) in [6, 6.07) is 13.6. The molecule has 1 aliphatic carbocycles. The Morgan fingerprint density at radius 3 is 2.47 bits per heavy atom. The molecule has 3 atom stereocenters. The Hall–Kier alpha value is -3.14. The average Bonchev–Trinajstić information content (AvgIpc) is 3.22. The van der Waals surface area contributed by atoms with Crippen molar-refractivity contribution >= 4 is 11.6 Å². The molecule has 0 bridgehead atoms. The monoisotopic (exact) mass is 446 g/mol. The standard InChI is InChI=1S/C26H23ClN2O3/c1-4-18-6-5-7-20(14-18)25(31)13-12-24(2,30)22(15-25)26(32,23-16-28-17-29(23)3)19-8-10-21(27)11-9-19/h1,5-17,30-32H,2-3H3. The second-order valence-electron chi connectivity index (χ2n) is 8.20. The largest absolute Gasteiger partial charge is 0.382 e. The first-order valence-corrected chi connectivity index (χ1v) is 10.4. The molecule has 1 aromatic heterocycles. The molecule has 0 aliphatic heterocycles. The van der Waals surface area contributed by atoms with Crippen LogP contribution in [-0.2, 0) is 18.2 Å². The highest BCUT2D eigenvalue weighted by Crippen LogP contribution is 2.47. The SMILES string of the molecule is C#Cc1cccc(C2(O)C=CC(C)(O)C(C(O)(c3ccc(Cl)cc3)c3cncn3C)=C2)c1. The Kier molecular flexibility index (Phi) is 5.36. The van der Waals surface area contributed by atoms with Crippen molar-refractivity contribution in [2.24, 2.45) is 7.05 Å². The first-order chi connectivity index (χ1) is 15.1. The van der Waals surface area contributed by atoms with Crippen LogP contribution >= 0.6 is 11.6 Å². The van der Waals surface area contributed by atoms with Crippen molar-refractivity contribution in [1.82, 2.24) is 9.55 Å². The molecule has 162 valence electrons. The zero-order chi connectivity index (χ0) is 23.1. The maximum Gasteiger partial charge on any atom is 0.156 e. The van der Waals surface area contributed by atoms with Crippen molar-refractivity contribution in [1.29, 1.82) is 0 Å². The predicted molar refractivity (Wildman–Crippen MR) is 124 cm³/mol. The number of hydrogen-bond acceptors (Lipinski definition) is 4. The lowest BCUT2D eigenvalue weighted by Crippen LogP contribution is -2.45. The van der Waals surface area contributed by atoms with E-state index in [-0.39, 0.29) is 5.57 Å². The van der Waals surface area contributed by atoms with E-state index in [9.17, 15) is 15.3 Å². The topological polar surface area (TPSA) is 78.5 Å². The molecule has 3 aromatic rings. The summed E-state index contributed by atoms with van der Waals surface area (Å²) < 4.78 is 1.67. The summed E-state index contributed by atoms with van der Waals surface area (Å²) in [5.74, 6) is 2.56. The molecule has 3 N–H and O–H groups in total. The maximum atomic E-state index is 12.2. The molecular weight excluding hydrogens is 424 g/mol. The van der Waals surface area contributed by atoms with E-state index in [1.54, 1.807) is 73.4 Å². The minimum Gasteiger partial charge on any atom is -0.382 e. The lowest BCUT2D eigenvalue weighted by molar-refractivity contribution is 0.0377. The van der Waals surface area contributed by atoms with Gasteiger partial charge in [-0.15, -0.1) is 6.42 Å². The highest BCUT2D eigenvalue weighted by Gasteiger charge is 2.48. The van der Waals surface area contributed by atoms with Crippen molar-refractivity contribution in [2.45, 2.75) is 23.7 Å². The van der Waals surface area contributed by atoms with Crippen molar-refractivity contribution in [3.8, 4) is 12.3 Å². The van der Waals surface area contributed by atoms with E-state index in [4.69, 9.17) is 18.0 Å². The number of benzene rings is 2. The van der Waals surface area contributed by atoms with Gasteiger partial charge in [0.25, 0.3) is 0 Å². The van der Waals surface area contributed by atoms with Crippen molar-refractivity contribution in [3.63, 3.8) is 0 Å². The van der Waals surface area contributed by atoms with Gasteiger partial charge in [-0.3, -0.25) is 0 Å². The van der Waals surface area contributed by atoms with Crippen LogP contribution in [0.15, 0.2) is 84.9 Å². The van der Waals surface area contributed by atoms with Crippen molar-refractivity contribution < 1.29 is 15.3 Å². The van der Waals surface area contributed by atoms with Crippen LogP contribution in [0.3, 0.4) is 0 Å². The van der Waals surface area contributed by atoms with Crippen LogP contribution in [0, 0.1) is 12.3 Å². The van der Waals surface area contributed by atoms with Crippen molar-refractivity contribution in [2.75, 3.05) is 0 Å². The van der Waals surface area contributed by atoms with Crippen LogP contribution < -0.4 is 0 Å². The number of hydrogen-bond donors (Lipinski definition) is 3. The van der Waals surface area contributed by atoms with Gasteiger partial charge in [0.1, 0.15) is 11.2 Å². The molecule has 4 rings (SSSR count). The van der Waals surface area contributed by atoms with Gasteiger partial charge >= 0.3 is 0 Å². The van der Waals surface area contributed by atoms with Crippen LogP contribution in [-0.4, -0.2) is 30.5 Å². The zero-order valence-corrected chi connectivity index (χ0v) is 18.5. The number of imidazole rings is 1. The molecule has 1 aliphatic rings. The molecule has 0 radical (unpaired) electrons. The molecule has 0 amide bonds. The fraction of sp³-hybridized carbons (Fsp3) is 0.192. The number of aryl methyl sites for hydroxylation is 1. The Labute approximate surface area is 191 Å². The third-order valence-corrected chi connectivity index (χ3v) is 6.15. The van der Waals surface area contributed by atoms with Crippen LogP contribution in [0.25, 0.3) is 0 Å². The van der Waals surface area contributed by atoms with Crippen LogP contribution in [0.2, 0.25) is 5.02 Å². The van der Waals surface area contributed by atoms with Crippen LogP contribution in [0.1, 0.15) is 29.3 Å². The number of nitrogens with zero attached hydrogens (tertiary/aromatic N) is 2. The second-order valence-corrected chi connectivity index (χ2v) is 8.63. The third-order valence-electron chi connectivity index (χ3n) is 5.90. The molecule has 1 heterocycles. The second kappa shape index (κ2) is 7.77. The fourth-order valence-electron chi connectivity index (χ4n) is 4.14. The summed E-state index contributed by atoms with van der Waals surface area (Å²) >= 11 is 6.08. The molecule has 0 saturated heterocycles. The maximum absolute atomic E-state index is 12.2. The molecule has 6 heteroatoms. The minimum atomic E-state index is -1.82. The number of aromatic nitrogens is 2. The normalized spacial score (nSPS) is 24.5. The van der Waals surface area contributed by atoms with Gasteiger partial charge in [-0.2, -0.15) is 0 Å². The molecule has 0 saturated carbocycles. The Balaban J connectivity index is 1.99. The molecule has 32 heavy (non-hydrogen) atoms. The first-order valence-electron chi connectivity index (χ1n) is 10.0. The summed E-state index contributed by atoms with van der Waals surface area (Å²) in [6.07, 6.45) is 13.1. The summed E-state index contributed by atoms with van der Waals surface area (Å²) in [6.45, 7) is 1.56. The lowest BCUT2D eigenvalue weighted by atomic mass is 9.70. The number of halogens is 1. The first kappa shape index (κ1) is 22.1. The Morgan fingerprint density at radius 2 is 1.84 bits per heavy atom. The van der Waals surface area contributed by atoms with E-state index < -0.39 is 16.8 Å². The number of terminal acetylenes is 1. The zero-order valence-electron chi connectivity index (χ0n) is 17.7. The van der Waals surface area contributed by atoms with Gasteiger partial charge in [0.2, 0.25) is 0 Å². The van der Waals surface area contributed by atoms with E-state index in [0.29, 0.717) is 27.4 Å². The highest BCUT2D eigenvalue weighted by molar-refractivity contribution is 6.30. The highest BCUT2D eigenvalue weighted by atomic mass is 35.5. The van der Waals surface area contributed by atoms with Gasteiger partial charge in [-0.05, 0) is 60.5 Å². The van der Waals surface area contributed by atoms with E-state index in [2.05, 4.69) is 10.9 Å². The lowest BCUT2D eigenvalue weighted by Gasteiger charge is -2.42. The van der Waals surface area contributed by atoms with Crippen LogP contribution in [0.5, 0.6) is 0 Å². The molecular formula is C26H23ClN2O3. The van der Waals surface area contributed by atoms with Gasteiger partial charge in [-0.1, -0.05) is 41.8 Å². The number of aliphatic hydroxyl groups is 3. The minimum absolute atomic E-state index is 0.173. The molecule has 3 unspecified atom stereocenters. The fourth-order valence-corrected chi connectivity index (χ4v) is 4.27. The molecule has 0 fully saturated rings. The quantitative estimate of drug-likeness (QED) is 0.424. The molecule has 5 nitrogen and oxygen atoms in total. The van der Waals surface area contributed by atoms with E-state index in [1.165, 1.54) is 24.4 Å². The molecule has 2 aromatic carbocycles. The van der Waals surface area contributed by atoms with Gasteiger partial charge in [0, 0.05) is 23.2 Å². The van der Waals surface area contributed by atoms with E-state index in [1.807, 2.05) is 0 Å². The van der Waals surface area contributed by atoms with Gasteiger partial charge in [0.15, 0.2) is 5.60 Å². The summed E-state index contributed by atoms with van der Waals surface area (Å²) in [5, 5.41) is 35.7. The Morgan fingerprint density at radius 1 is 1.12 bits per heavy atom. The van der Waals surface area contributed by atoms with Gasteiger partial charge in [-0.25, -0.2) is 4.98 Å². The van der Waals surface area contributed by atoms with E-state index >= 15 is 0 Å². The Bertz CT molecular complexity index is 1270. The smallest absolute Gasteiger partial charge is 0.156 e. The van der Waals surface area contributed by atoms with Gasteiger partial charge in [0.05, 0.1) is 18.2 Å². The van der Waals surface area contributed by atoms with E-state index in [0.717, 1.165) is 0 Å². The van der Waals surface area contributed by atoms with Crippen molar-refractivity contribution in [3.05, 3.63) is 112 Å².